The summed E-state index contributed by atoms with van der Waals surface area (Å²) in [6, 6.07) is 6.51. The van der Waals surface area contributed by atoms with Crippen LogP contribution < -0.4 is 0 Å². The number of aliphatic hydroxyl groups is 1. The average Bonchev–Trinajstić information content (AvgIpc) is 3.21. The van der Waals surface area contributed by atoms with Crippen LogP contribution >= 0.6 is 0 Å². The maximum absolute atomic E-state index is 12.4. The van der Waals surface area contributed by atoms with Crippen molar-refractivity contribution in [3.8, 4) is 0 Å². The van der Waals surface area contributed by atoms with E-state index in [0.717, 1.165) is 12.8 Å². The molecule has 0 radical (unpaired) electrons. The van der Waals surface area contributed by atoms with Gasteiger partial charge in [-0.05, 0) is 43.4 Å². The highest BCUT2D eigenvalue weighted by atomic mass is 32.2. The largest absolute Gasteiger partial charge is 0.392 e. The normalized spacial score (nSPS) is 18.0. The number of sulfonamides is 1. The molecule has 1 atom stereocenters. The molecule has 2 rings (SSSR count). The first-order valence-electron chi connectivity index (χ1n) is 6.14. The van der Waals surface area contributed by atoms with Crippen LogP contribution in [0, 0.1) is 5.92 Å². The van der Waals surface area contributed by atoms with Crippen molar-refractivity contribution in [3.63, 3.8) is 0 Å². The van der Waals surface area contributed by atoms with E-state index in [-0.39, 0.29) is 17.5 Å². The van der Waals surface area contributed by atoms with Crippen LogP contribution in [0.5, 0.6) is 0 Å². The van der Waals surface area contributed by atoms with Crippen molar-refractivity contribution in [2.24, 2.45) is 5.92 Å². The molecular weight excluding hydrogens is 250 g/mol. The van der Waals surface area contributed by atoms with Gasteiger partial charge in [0.25, 0.3) is 0 Å². The zero-order chi connectivity index (χ0) is 13.3. The summed E-state index contributed by atoms with van der Waals surface area (Å²) in [7, 11) is -1.82. The molecule has 1 fully saturated rings. The maximum Gasteiger partial charge on any atom is 0.243 e. The van der Waals surface area contributed by atoms with Gasteiger partial charge in [0.05, 0.1) is 11.5 Å². The van der Waals surface area contributed by atoms with E-state index in [0.29, 0.717) is 11.5 Å². The summed E-state index contributed by atoms with van der Waals surface area (Å²) in [6.45, 7) is 1.80. The number of hydrogen-bond donors (Lipinski definition) is 1. The van der Waals surface area contributed by atoms with Gasteiger partial charge in [-0.25, -0.2) is 8.42 Å². The summed E-state index contributed by atoms with van der Waals surface area (Å²) >= 11 is 0. The highest BCUT2D eigenvalue weighted by Crippen LogP contribution is 2.36. The Morgan fingerprint density at radius 3 is 2.67 bits per heavy atom. The van der Waals surface area contributed by atoms with Crippen molar-refractivity contribution in [3.05, 3.63) is 29.8 Å². The molecule has 0 saturated heterocycles. The Bertz CT molecular complexity index is 523. The SMILES string of the molecule is CC(C1CC1)N(C)S(=O)(=O)c1cccc(CO)c1. The van der Waals surface area contributed by atoms with E-state index in [1.165, 1.54) is 10.4 Å². The maximum atomic E-state index is 12.4. The Morgan fingerprint density at radius 2 is 2.11 bits per heavy atom. The summed E-state index contributed by atoms with van der Waals surface area (Å²) in [4.78, 5) is 0.254. The van der Waals surface area contributed by atoms with E-state index in [1.54, 1.807) is 25.2 Å². The van der Waals surface area contributed by atoms with Gasteiger partial charge in [0.1, 0.15) is 0 Å². The third-order valence-electron chi connectivity index (χ3n) is 3.64. The number of nitrogens with zero attached hydrogens (tertiary/aromatic N) is 1. The van der Waals surface area contributed by atoms with Crippen LogP contribution in [0.25, 0.3) is 0 Å². The first-order chi connectivity index (χ1) is 8.46. The van der Waals surface area contributed by atoms with Gasteiger partial charge in [-0.15, -0.1) is 0 Å². The molecule has 1 unspecified atom stereocenters. The fourth-order valence-electron chi connectivity index (χ4n) is 2.06. The lowest BCUT2D eigenvalue weighted by atomic mass is 10.2. The van der Waals surface area contributed by atoms with Crippen molar-refractivity contribution in [2.75, 3.05) is 7.05 Å². The topological polar surface area (TPSA) is 57.6 Å². The van der Waals surface area contributed by atoms with E-state index < -0.39 is 10.0 Å². The minimum atomic E-state index is -3.45. The molecule has 0 spiro atoms. The van der Waals surface area contributed by atoms with Gasteiger partial charge in [0.2, 0.25) is 10.0 Å². The fraction of sp³-hybridized carbons (Fsp3) is 0.538. The van der Waals surface area contributed by atoms with E-state index >= 15 is 0 Å². The zero-order valence-corrected chi connectivity index (χ0v) is 11.5. The van der Waals surface area contributed by atoms with Crippen molar-refractivity contribution in [1.29, 1.82) is 0 Å². The smallest absolute Gasteiger partial charge is 0.243 e. The molecule has 5 heteroatoms. The Labute approximate surface area is 108 Å². The Kier molecular flexibility index (Phi) is 3.75. The lowest BCUT2D eigenvalue weighted by Crippen LogP contribution is -2.36. The van der Waals surface area contributed by atoms with Gasteiger partial charge in [-0.1, -0.05) is 12.1 Å². The van der Waals surface area contributed by atoms with Crippen LogP contribution in [-0.2, 0) is 16.6 Å². The predicted molar refractivity (Wildman–Crippen MR) is 69.5 cm³/mol. The van der Waals surface area contributed by atoms with E-state index in [4.69, 9.17) is 5.11 Å². The summed E-state index contributed by atoms with van der Waals surface area (Å²) in [6.07, 6.45) is 2.22. The second kappa shape index (κ2) is 4.99. The molecule has 4 nitrogen and oxygen atoms in total. The van der Waals surface area contributed by atoms with Gasteiger partial charge < -0.3 is 5.11 Å². The number of rotatable bonds is 5. The predicted octanol–water partition coefficient (Wildman–Crippen LogP) is 1.60. The molecule has 0 amide bonds. The van der Waals surface area contributed by atoms with Gasteiger partial charge in [0.15, 0.2) is 0 Å². The molecule has 1 aromatic rings. The second-order valence-electron chi connectivity index (χ2n) is 4.90. The molecule has 1 aliphatic carbocycles. The van der Waals surface area contributed by atoms with Crippen LogP contribution in [0.3, 0.4) is 0 Å². The van der Waals surface area contributed by atoms with Gasteiger partial charge in [0, 0.05) is 13.1 Å². The molecule has 1 saturated carbocycles. The highest BCUT2D eigenvalue weighted by Gasteiger charge is 2.35. The van der Waals surface area contributed by atoms with Gasteiger partial charge in [-0.2, -0.15) is 4.31 Å². The van der Waals surface area contributed by atoms with E-state index in [1.807, 2.05) is 6.92 Å². The zero-order valence-electron chi connectivity index (χ0n) is 10.7. The fourth-order valence-corrected chi connectivity index (χ4v) is 3.56. The summed E-state index contributed by atoms with van der Waals surface area (Å²) in [5, 5.41) is 9.07. The third kappa shape index (κ3) is 2.58. The first kappa shape index (κ1) is 13.5. The molecule has 0 bridgehead atoms. The lowest BCUT2D eigenvalue weighted by molar-refractivity contribution is 0.281. The molecule has 0 aliphatic heterocycles. The highest BCUT2D eigenvalue weighted by molar-refractivity contribution is 7.89. The molecule has 18 heavy (non-hydrogen) atoms. The van der Waals surface area contributed by atoms with Crippen LogP contribution in [-0.4, -0.2) is 30.9 Å². The Balaban J connectivity index is 2.28. The number of aliphatic hydroxyl groups excluding tert-OH is 1. The molecule has 1 N–H and O–H groups in total. The summed E-state index contributed by atoms with van der Waals surface area (Å²) in [5.74, 6) is 0.491. The van der Waals surface area contributed by atoms with Crippen molar-refractivity contribution in [1.82, 2.24) is 4.31 Å². The average molecular weight is 269 g/mol. The number of benzene rings is 1. The van der Waals surface area contributed by atoms with Crippen LogP contribution in [0.2, 0.25) is 0 Å². The Hall–Kier alpha value is -0.910. The standard InChI is InChI=1S/C13H19NO3S/c1-10(12-6-7-12)14(2)18(16,17)13-5-3-4-11(8-13)9-15/h3-5,8,10,12,15H,6-7,9H2,1-2H3. The van der Waals surface area contributed by atoms with Crippen molar-refractivity contribution < 1.29 is 13.5 Å². The molecular formula is C13H19NO3S. The second-order valence-corrected chi connectivity index (χ2v) is 6.90. The lowest BCUT2D eigenvalue weighted by Gasteiger charge is -2.24. The van der Waals surface area contributed by atoms with Crippen LogP contribution in [0.1, 0.15) is 25.3 Å². The Morgan fingerprint density at radius 1 is 1.44 bits per heavy atom. The van der Waals surface area contributed by atoms with Crippen LogP contribution in [0.15, 0.2) is 29.2 Å². The van der Waals surface area contributed by atoms with Gasteiger partial charge >= 0.3 is 0 Å². The molecule has 1 aliphatic rings. The molecule has 100 valence electrons. The monoisotopic (exact) mass is 269 g/mol. The summed E-state index contributed by atoms with van der Waals surface area (Å²) < 4.78 is 26.3. The van der Waals surface area contributed by atoms with Crippen molar-refractivity contribution >= 4 is 10.0 Å². The van der Waals surface area contributed by atoms with E-state index in [9.17, 15) is 8.42 Å². The summed E-state index contributed by atoms with van der Waals surface area (Å²) in [5.41, 5.74) is 0.614. The minimum Gasteiger partial charge on any atom is -0.392 e. The molecule has 0 heterocycles. The molecule has 1 aromatic carbocycles. The first-order valence-corrected chi connectivity index (χ1v) is 7.58. The number of hydrogen-bond acceptors (Lipinski definition) is 3. The minimum absolute atomic E-state index is 0.0350. The molecule has 0 aromatic heterocycles. The third-order valence-corrected chi connectivity index (χ3v) is 5.58. The quantitative estimate of drug-likeness (QED) is 0.883. The van der Waals surface area contributed by atoms with Crippen LogP contribution in [0.4, 0.5) is 0 Å². The van der Waals surface area contributed by atoms with E-state index in [2.05, 4.69) is 0 Å². The van der Waals surface area contributed by atoms with Crippen molar-refractivity contribution in [2.45, 2.75) is 37.3 Å². The van der Waals surface area contributed by atoms with Gasteiger partial charge in [-0.3, -0.25) is 0 Å².